The Bertz CT molecular complexity index is 778. The predicted molar refractivity (Wildman–Crippen MR) is 119 cm³/mol. The van der Waals surface area contributed by atoms with Crippen molar-refractivity contribution in [2.45, 2.75) is 39.5 Å². The predicted octanol–water partition coefficient (Wildman–Crippen LogP) is 5.84. The number of unbranched alkanes of at least 4 members (excludes halogenated alkanes) is 3. The van der Waals surface area contributed by atoms with Gasteiger partial charge in [0, 0.05) is 15.7 Å². The summed E-state index contributed by atoms with van der Waals surface area (Å²) >= 11 is 8.66. The molecule has 4 nitrogen and oxygen atoms in total. The third-order valence-electron chi connectivity index (χ3n) is 4.04. The molecule has 0 aliphatic heterocycles. The van der Waals surface area contributed by atoms with Gasteiger partial charge in [0.2, 0.25) is 0 Å². The number of benzene rings is 2. The van der Waals surface area contributed by atoms with Crippen molar-refractivity contribution >= 4 is 44.9 Å². The summed E-state index contributed by atoms with van der Waals surface area (Å²) in [7, 11) is 0. The van der Waals surface area contributed by atoms with E-state index in [0.29, 0.717) is 5.56 Å². The fourth-order valence-electron chi connectivity index (χ4n) is 2.43. The summed E-state index contributed by atoms with van der Waals surface area (Å²) in [6, 6.07) is 13.0. The number of hydrogen-bond donors (Lipinski definition) is 2. The van der Waals surface area contributed by atoms with Crippen molar-refractivity contribution in [3.8, 4) is 5.75 Å². The maximum absolute atomic E-state index is 12.3. The lowest BCUT2D eigenvalue weighted by Gasteiger charge is -2.11. The van der Waals surface area contributed by atoms with Gasteiger partial charge in [-0.05, 0) is 67.5 Å². The SMILES string of the molecule is CCCCCCOc1ccc(NC(=S)NC(=O)c2ccc(C)c(Br)c2)cc1. The second kappa shape index (κ2) is 11.0. The van der Waals surface area contributed by atoms with Crippen LogP contribution in [-0.2, 0) is 0 Å². The van der Waals surface area contributed by atoms with Crippen LogP contribution in [0.15, 0.2) is 46.9 Å². The standard InChI is InChI=1S/C21H25BrN2O2S/c1-3-4-5-6-13-26-18-11-9-17(10-12-18)23-21(27)24-20(25)16-8-7-15(2)19(22)14-16/h7-12,14H,3-6,13H2,1-2H3,(H2,23,24,25,27). The smallest absolute Gasteiger partial charge is 0.257 e. The summed E-state index contributed by atoms with van der Waals surface area (Å²) in [5.74, 6) is 0.580. The fraction of sp³-hybridized carbons (Fsp3) is 0.333. The molecule has 0 saturated carbocycles. The minimum Gasteiger partial charge on any atom is -0.494 e. The molecule has 2 aromatic rings. The first-order valence-corrected chi connectivity index (χ1v) is 10.3. The molecule has 2 aromatic carbocycles. The Labute approximate surface area is 174 Å². The van der Waals surface area contributed by atoms with Gasteiger partial charge >= 0.3 is 0 Å². The molecule has 0 bridgehead atoms. The fourth-order valence-corrected chi connectivity index (χ4v) is 3.01. The number of carbonyl (C=O) groups excluding carboxylic acids is 1. The first kappa shape index (κ1) is 21.4. The van der Waals surface area contributed by atoms with Crippen LogP contribution in [0.25, 0.3) is 0 Å². The highest BCUT2D eigenvalue weighted by Crippen LogP contribution is 2.18. The van der Waals surface area contributed by atoms with Crippen molar-refractivity contribution in [1.82, 2.24) is 5.32 Å². The van der Waals surface area contributed by atoms with Gasteiger partial charge in [0.25, 0.3) is 5.91 Å². The van der Waals surface area contributed by atoms with Gasteiger partial charge in [-0.15, -0.1) is 0 Å². The normalized spacial score (nSPS) is 10.3. The number of aryl methyl sites for hydroxylation is 1. The van der Waals surface area contributed by atoms with Gasteiger partial charge in [0.15, 0.2) is 5.11 Å². The van der Waals surface area contributed by atoms with Crippen LogP contribution < -0.4 is 15.4 Å². The van der Waals surface area contributed by atoms with Crippen molar-refractivity contribution in [1.29, 1.82) is 0 Å². The third kappa shape index (κ3) is 7.31. The number of rotatable bonds is 8. The monoisotopic (exact) mass is 448 g/mol. The second-order valence-corrected chi connectivity index (χ2v) is 7.57. The lowest BCUT2D eigenvalue weighted by molar-refractivity contribution is 0.0977. The van der Waals surface area contributed by atoms with Gasteiger partial charge in [-0.1, -0.05) is 48.2 Å². The maximum atomic E-state index is 12.3. The van der Waals surface area contributed by atoms with E-state index in [4.69, 9.17) is 17.0 Å². The van der Waals surface area contributed by atoms with E-state index in [1.165, 1.54) is 19.3 Å². The molecule has 2 rings (SSSR count). The van der Waals surface area contributed by atoms with Crippen LogP contribution in [0.4, 0.5) is 5.69 Å². The Kier molecular flexibility index (Phi) is 8.75. The largest absolute Gasteiger partial charge is 0.494 e. The van der Waals surface area contributed by atoms with E-state index >= 15 is 0 Å². The lowest BCUT2D eigenvalue weighted by Crippen LogP contribution is -2.34. The van der Waals surface area contributed by atoms with Crippen LogP contribution in [0, 0.1) is 6.92 Å². The Balaban J connectivity index is 1.81. The van der Waals surface area contributed by atoms with Gasteiger partial charge in [0.05, 0.1) is 6.61 Å². The van der Waals surface area contributed by atoms with Gasteiger partial charge in [-0.3, -0.25) is 10.1 Å². The summed E-state index contributed by atoms with van der Waals surface area (Å²) in [6.45, 7) is 4.89. The number of nitrogens with one attached hydrogen (secondary N) is 2. The van der Waals surface area contributed by atoms with E-state index in [9.17, 15) is 4.79 Å². The topological polar surface area (TPSA) is 50.4 Å². The van der Waals surface area contributed by atoms with E-state index in [2.05, 4.69) is 33.5 Å². The first-order valence-electron chi connectivity index (χ1n) is 9.11. The number of anilines is 1. The molecule has 0 radical (unpaired) electrons. The average molecular weight is 449 g/mol. The molecule has 0 aliphatic carbocycles. The van der Waals surface area contributed by atoms with E-state index in [0.717, 1.165) is 34.5 Å². The molecule has 6 heteroatoms. The zero-order chi connectivity index (χ0) is 19.6. The van der Waals surface area contributed by atoms with Crippen LogP contribution in [0.3, 0.4) is 0 Å². The van der Waals surface area contributed by atoms with Gasteiger partial charge in [-0.25, -0.2) is 0 Å². The molecule has 2 N–H and O–H groups in total. The van der Waals surface area contributed by atoms with Crippen molar-refractivity contribution in [2.75, 3.05) is 11.9 Å². The molecule has 0 spiro atoms. The summed E-state index contributed by atoms with van der Waals surface area (Å²) in [5, 5.41) is 5.96. The minimum atomic E-state index is -0.250. The Hall–Kier alpha value is -1.92. The summed E-state index contributed by atoms with van der Waals surface area (Å²) < 4.78 is 6.61. The Morgan fingerprint density at radius 1 is 1.11 bits per heavy atom. The average Bonchev–Trinajstić information content (AvgIpc) is 2.65. The van der Waals surface area contributed by atoms with Crippen LogP contribution in [0.1, 0.15) is 48.5 Å². The number of thiocarbonyl (C=S) groups is 1. The van der Waals surface area contributed by atoms with Crippen molar-refractivity contribution in [3.63, 3.8) is 0 Å². The van der Waals surface area contributed by atoms with E-state index in [1.54, 1.807) is 12.1 Å². The lowest BCUT2D eigenvalue weighted by atomic mass is 10.1. The van der Waals surface area contributed by atoms with E-state index in [-0.39, 0.29) is 11.0 Å². The molecular formula is C21H25BrN2O2S. The number of hydrogen-bond acceptors (Lipinski definition) is 3. The Morgan fingerprint density at radius 2 is 1.85 bits per heavy atom. The van der Waals surface area contributed by atoms with Crippen LogP contribution in [0.5, 0.6) is 5.75 Å². The van der Waals surface area contributed by atoms with E-state index < -0.39 is 0 Å². The highest BCUT2D eigenvalue weighted by atomic mass is 79.9. The molecular weight excluding hydrogens is 424 g/mol. The second-order valence-electron chi connectivity index (χ2n) is 6.31. The molecule has 0 atom stereocenters. The zero-order valence-corrected chi connectivity index (χ0v) is 18.1. The first-order chi connectivity index (χ1) is 13.0. The van der Waals surface area contributed by atoms with Gasteiger partial charge < -0.3 is 10.1 Å². The maximum Gasteiger partial charge on any atom is 0.257 e. The van der Waals surface area contributed by atoms with Gasteiger partial charge in [0.1, 0.15) is 5.75 Å². The molecule has 144 valence electrons. The van der Waals surface area contributed by atoms with E-state index in [1.807, 2.05) is 37.3 Å². The quantitative estimate of drug-likeness (QED) is 0.393. The third-order valence-corrected chi connectivity index (χ3v) is 5.10. The van der Waals surface area contributed by atoms with Crippen molar-refractivity contribution in [2.24, 2.45) is 0 Å². The summed E-state index contributed by atoms with van der Waals surface area (Å²) in [5.41, 5.74) is 2.41. The zero-order valence-electron chi connectivity index (χ0n) is 15.7. The molecule has 0 heterocycles. The molecule has 0 aromatic heterocycles. The summed E-state index contributed by atoms with van der Waals surface area (Å²) in [4.78, 5) is 12.3. The number of amides is 1. The molecule has 0 saturated heterocycles. The highest BCUT2D eigenvalue weighted by molar-refractivity contribution is 9.10. The van der Waals surface area contributed by atoms with Crippen molar-refractivity contribution in [3.05, 3.63) is 58.1 Å². The summed E-state index contributed by atoms with van der Waals surface area (Å²) in [6.07, 6.45) is 4.73. The van der Waals surface area contributed by atoms with Crippen LogP contribution in [-0.4, -0.2) is 17.6 Å². The highest BCUT2D eigenvalue weighted by Gasteiger charge is 2.09. The van der Waals surface area contributed by atoms with Crippen LogP contribution in [0.2, 0.25) is 0 Å². The van der Waals surface area contributed by atoms with Crippen LogP contribution >= 0.6 is 28.1 Å². The van der Waals surface area contributed by atoms with Gasteiger partial charge in [-0.2, -0.15) is 0 Å². The minimum absolute atomic E-state index is 0.250. The molecule has 1 amide bonds. The molecule has 0 fully saturated rings. The molecule has 0 aliphatic rings. The molecule has 27 heavy (non-hydrogen) atoms. The number of ether oxygens (including phenoxy) is 1. The van der Waals surface area contributed by atoms with Crippen molar-refractivity contribution < 1.29 is 9.53 Å². The number of carbonyl (C=O) groups is 1. The molecule has 0 unspecified atom stereocenters. The Morgan fingerprint density at radius 3 is 2.52 bits per heavy atom. The number of halogens is 1.